The predicted octanol–water partition coefficient (Wildman–Crippen LogP) is 0.708. The lowest BCUT2D eigenvalue weighted by atomic mass is 10.1. The van der Waals surface area contributed by atoms with Crippen molar-refractivity contribution in [1.82, 2.24) is 19.2 Å². The fraction of sp³-hybridized carbons (Fsp3) is 0.444. The highest BCUT2D eigenvalue weighted by molar-refractivity contribution is 5.76. The van der Waals surface area contributed by atoms with Crippen LogP contribution in [-0.4, -0.2) is 44.8 Å². The van der Waals surface area contributed by atoms with Crippen LogP contribution >= 0.6 is 0 Å². The standard InChI is InChI=1S/C18H20FN5O3/c19-13-4-6-14(7-5-13)22-10-11-23-16(26)17(27)24(20-18(22)23)12-15(25)21-8-2-1-3-9-21/h4-7H,1-3,8-12H2. The molecule has 1 amide bonds. The third-order valence-electron chi connectivity index (χ3n) is 5.03. The molecular formula is C18H20FN5O3. The molecule has 0 atom stereocenters. The van der Waals surface area contributed by atoms with E-state index >= 15 is 0 Å². The molecule has 3 heterocycles. The van der Waals surface area contributed by atoms with Crippen molar-refractivity contribution in [2.75, 3.05) is 24.5 Å². The van der Waals surface area contributed by atoms with Gasteiger partial charge in [-0.3, -0.25) is 19.0 Å². The van der Waals surface area contributed by atoms with Crippen LogP contribution in [0, 0.1) is 5.82 Å². The van der Waals surface area contributed by atoms with Crippen molar-refractivity contribution < 1.29 is 9.18 Å². The Balaban J connectivity index is 1.66. The molecule has 0 bridgehead atoms. The molecular weight excluding hydrogens is 353 g/mol. The highest BCUT2D eigenvalue weighted by atomic mass is 19.1. The zero-order valence-electron chi connectivity index (χ0n) is 14.8. The summed E-state index contributed by atoms with van der Waals surface area (Å²) in [6.45, 7) is 1.84. The first-order valence-corrected chi connectivity index (χ1v) is 9.07. The molecule has 1 saturated heterocycles. The van der Waals surface area contributed by atoms with Gasteiger partial charge in [-0.2, -0.15) is 0 Å². The molecule has 8 nitrogen and oxygen atoms in total. The quantitative estimate of drug-likeness (QED) is 0.741. The van der Waals surface area contributed by atoms with Crippen molar-refractivity contribution in [3.8, 4) is 0 Å². The van der Waals surface area contributed by atoms with Gasteiger partial charge < -0.3 is 9.80 Å². The molecule has 0 saturated carbocycles. The summed E-state index contributed by atoms with van der Waals surface area (Å²) in [6, 6.07) is 5.83. The summed E-state index contributed by atoms with van der Waals surface area (Å²) < 4.78 is 15.4. The molecule has 0 spiro atoms. The van der Waals surface area contributed by atoms with Crippen LogP contribution in [0.1, 0.15) is 19.3 Å². The number of carbonyl (C=O) groups is 1. The number of fused-ring (bicyclic) bond motifs is 1. The lowest BCUT2D eigenvalue weighted by Gasteiger charge is -2.26. The van der Waals surface area contributed by atoms with Crippen LogP contribution in [0.3, 0.4) is 0 Å². The van der Waals surface area contributed by atoms with Crippen molar-refractivity contribution in [3.63, 3.8) is 0 Å². The van der Waals surface area contributed by atoms with E-state index in [2.05, 4.69) is 5.10 Å². The highest BCUT2D eigenvalue weighted by Crippen LogP contribution is 2.26. The van der Waals surface area contributed by atoms with E-state index in [-0.39, 0.29) is 24.2 Å². The number of halogens is 1. The SMILES string of the molecule is O=C(Cn1nc2n(c(=O)c1=O)CCN2c1ccc(F)cc1)N1CCCCC1. The van der Waals surface area contributed by atoms with Gasteiger partial charge in [0.05, 0.1) is 0 Å². The van der Waals surface area contributed by atoms with Crippen molar-refractivity contribution in [3.05, 3.63) is 50.8 Å². The number of piperidine rings is 1. The van der Waals surface area contributed by atoms with E-state index in [9.17, 15) is 18.8 Å². The fourth-order valence-corrected chi connectivity index (χ4v) is 3.57. The van der Waals surface area contributed by atoms with Crippen LogP contribution in [0.15, 0.2) is 33.9 Å². The molecule has 0 aliphatic carbocycles. The zero-order chi connectivity index (χ0) is 19.0. The van der Waals surface area contributed by atoms with Crippen molar-refractivity contribution >= 4 is 17.5 Å². The van der Waals surface area contributed by atoms with Gasteiger partial charge in [-0.25, -0.2) is 9.07 Å². The Morgan fingerprint density at radius 2 is 1.67 bits per heavy atom. The number of hydrogen-bond acceptors (Lipinski definition) is 5. The maximum Gasteiger partial charge on any atom is 0.333 e. The number of amides is 1. The van der Waals surface area contributed by atoms with Crippen molar-refractivity contribution in [2.45, 2.75) is 32.4 Å². The topological polar surface area (TPSA) is 80.4 Å². The highest BCUT2D eigenvalue weighted by Gasteiger charge is 2.27. The predicted molar refractivity (Wildman–Crippen MR) is 96.6 cm³/mol. The lowest BCUT2D eigenvalue weighted by Crippen LogP contribution is -2.46. The Kier molecular flexibility index (Phi) is 4.51. The van der Waals surface area contributed by atoms with E-state index in [1.807, 2.05) is 0 Å². The molecule has 1 fully saturated rings. The van der Waals surface area contributed by atoms with Crippen LogP contribution in [0.4, 0.5) is 16.0 Å². The number of carbonyl (C=O) groups excluding carboxylic acids is 1. The van der Waals surface area contributed by atoms with Crippen LogP contribution < -0.4 is 16.0 Å². The second kappa shape index (κ2) is 6.98. The maximum absolute atomic E-state index is 13.2. The molecule has 27 heavy (non-hydrogen) atoms. The summed E-state index contributed by atoms with van der Waals surface area (Å²) in [5.41, 5.74) is -0.830. The van der Waals surface area contributed by atoms with E-state index in [1.54, 1.807) is 21.9 Å². The third-order valence-corrected chi connectivity index (χ3v) is 5.03. The minimum atomic E-state index is -0.801. The molecule has 0 N–H and O–H groups in total. The molecule has 0 radical (unpaired) electrons. The molecule has 4 rings (SSSR count). The van der Waals surface area contributed by atoms with Crippen LogP contribution in [-0.2, 0) is 17.9 Å². The van der Waals surface area contributed by atoms with Gasteiger partial charge in [-0.05, 0) is 43.5 Å². The Morgan fingerprint density at radius 3 is 2.37 bits per heavy atom. The Bertz CT molecular complexity index is 976. The number of anilines is 2. The summed E-state index contributed by atoms with van der Waals surface area (Å²) >= 11 is 0. The van der Waals surface area contributed by atoms with Gasteiger partial charge in [-0.15, -0.1) is 5.10 Å². The number of benzene rings is 1. The number of aromatic nitrogens is 3. The molecule has 2 aliphatic rings. The van der Waals surface area contributed by atoms with Gasteiger partial charge in [0.2, 0.25) is 11.9 Å². The number of nitrogens with zero attached hydrogens (tertiary/aromatic N) is 5. The molecule has 1 aromatic heterocycles. The van der Waals surface area contributed by atoms with Gasteiger partial charge >= 0.3 is 11.1 Å². The fourth-order valence-electron chi connectivity index (χ4n) is 3.57. The first-order chi connectivity index (χ1) is 13.0. The summed E-state index contributed by atoms with van der Waals surface area (Å²) in [6.07, 6.45) is 2.98. The van der Waals surface area contributed by atoms with E-state index in [0.29, 0.717) is 31.9 Å². The van der Waals surface area contributed by atoms with Crippen LogP contribution in [0.2, 0.25) is 0 Å². The maximum atomic E-state index is 13.2. The normalized spacial score (nSPS) is 16.5. The summed E-state index contributed by atoms with van der Waals surface area (Å²) in [7, 11) is 0. The lowest BCUT2D eigenvalue weighted by molar-refractivity contribution is -0.133. The smallest absolute Gasteiger partial charge is 0.333 e. The summed E-state index contributed by atoms with van der Waals surface area (Å²) in [4.78, 5) is 40.7. The summed E-state index contributed by atoms with van der Waals surface area (Å²) in [5.74, 6) is -0.280. The Labute approximate surface area is 154 Å². The average molecular weight is 373 g/mol. The largest absolute Gasteiger partial charge is 0.341 e. The second-order valence-electron chi connectivity index (χ2n) is 6.79. The molecule has 2 aliphatic heterocycles. The van der Waals surface area contributed by atoms with Gasteiger partial charge in [0.15, 0.2) is 0 Å². The van der Waals surface area contributed by atoms with Crippen LogP contribution in [0.5, 0.6) is 0 Å². The summed E-state index contributed by atoms with van der Waals surface area (Å²) in [5, 5.41) is 4.28. The zero-order valence-corrected chi connectivity index (χ0v) is 14.8. The van der Waals surface area contributed by atoms with E-state index in [4.69, 9.17) is 0 Å². The molecule has 9 heteroatoms. The van der Waals surface area contributed by atoms with E-state index in [1.165, 1.54) is 16.7 Å². The first kappa shape index (κ1) is 17.4. The van der Waals surface area contributed by atoms with Crippen molar-refractivity contribution in [1.29, 1.82) is 0 Å². The molecule has 142 valence electrons. The monoisotopic (exact) mass is 373 g/mol. The number of rotatable bonds is 3. The minimum Gasteiger partial charge on any atom is -0.341 e. The van der Waals surface area contributed by atoms with E-state index < -0.39 is 11.1 Å². The van der Waals surface area contributed by atoms with E-state index in [0.717, 1.165) is 23.9 Å². The Hall–Kier alpha value is -2.97. The number of likely N-dealkylation sites (tertiary alicyclic amines) is 1. The van der Waals surface area contributed by atoms with Gasteiger partial charge in [0.25, 0.3) is 0 Å². The minimum absolute atomic E-state index is 0.208. The average Bonchev–Trinajstić information content (AvgIpc) is 3.11. The first-order valence-electron chi connectivity index (χ1n) is 9.07. The molecule has 2 aromatic rings. The van der Waals surface area contributed by atoms with Crippen LogP contribution in [0.25, 0.3) is 0 Å². The Morgan fingerprint density at radius 1 is 0.963 bits per heavy atom. The van der Waals surface area contributed by atoms with Gasteiger partial charge in [-0.1, -0.05) is 0 Å². The molecule has 1 aromatic carbocycles. The van der Waals surface area contributed by atoms with Crippen molar-refractivity contribution in [2.24, 2.45) is 0 Å². The van der Waals surface area contributed by atoms with Gasteiger partial charge in [0.1, 0.15) is 12.4 Å². The number of hydrogen-bond donors (Lipinski definition) is 0. The molecule has 0 unspecified atom stereocenters. The third kappa shape index (κ3) is 3.24. The van der Waals surface area contributed by atoms with Gasteiger partial charge in [0, 0.05) is 31.9 Å². The second-order valence-corrected chi connectivity index (χ2v) is 6.79.